The van der Waals surface area contributed by atoms with E-state index in [-0.39, 0.29) is 10.5 Å². The van der Waals surface area contributed by atoms with Crippen molar-refractivity contribution >= 4 is 31.9 Å². The van der Waals surface area contributed by atoms with Crippen molar-refractivity contribution in [3.8, 4) is 0 Å². The predicted octanol–water partition coefficient (Wildman–Crippen LogP) is 1.97. The van der Waals surface area contributed by atoms with E-state index in [0.717, 1.165) is 12.8 Å². The molecule has 0 saturated heterocycles. The number of hydrogen-bond donors (Lipinski definition) is 1. The minimum absolute atomic E-state index is 0.0692. The molecular weight excluding hydrogens is 334 g/mol. The number of carbonyl (C=O) groups is 1. The first-order chi connectivity index (χ1) is 8.79. The molecule has 0 heterocycles. The minimum atomic E-state index is -3.87. The quantitative estimate of drug-likeness (QED) is 0.843. The fraction of sp³-hybridized carbons (Fsp3) is 0.417. The third kappa shape index (κ3) is 3.55. The zero-order chi connectivity index (χ0) is 14.2. The molecule has 0 unspecified atom stereocenters. The van der Waals surface area contributed by atoms with Crippen LogP contribution in [0.15, 0.2) is 21.5 Å². The number of primary sulfonamides is 1. The Morgan fingerprint density at radius 2 is 2.11 bits per heavy atom. The number of nitrogens with two attached hydrogens (primary N) is 1. The lowest BCUT2D eigenvalue weighted by atomic mass is 10.1. The third-order valence-corrected chi connectivity index (χ3v) is 4.49. The molecule has 0 radical (unpaired) electrons. The van der Waals surface area contributed by atoms with Crippen LogP contribution in [0.1, 0.15) is 28.8 Å². The summed E-state index contributed by atoms with van der Waals surface area (Å²) >= 11 is 3.17. The van der Waals surface area contributed by atoms with Crippen LogP contribution in [0.2, 0.25) is 0 Å². The van der Waals surface area contributed by atoms with Gasteiger partial charge in [0, 0.05) is 4.47 Å². The van der Waals surface area contributed by atoms with Crippen LogP contribution >= 0.6 is 15.9 Å². The summed E-state index contributed by atoms with van der Waals surface area (Å²) in [7, 11) is -3.87. The van der Waals surface area contributed by atoms with Crippen molar-refractivity contribution in [3.05, 3.63) is 27.7 Å². The van der Waals surface area contributed by atoms with Crippen LogP contribution in [-0.4, -0.2) is 21.0 Å². The van der Waals surface area contributed by atoms with E-state index in [1.807, 2.05) is 0 Å². The molecule has 0 atom stereocenters. The first kappa shape index (κ1) is 14.5. The first-order valence-corrected chi connectivity index (χ1v) is 8.13. The molecule has 1 saturated carbocycles. The van der Waals surface area contributed by atoms with Gasteiger partial charge in [-0.15, -0.1) is 0 Å². The fourth-order valence-electron chi connectivity index (χ4n) is 1.72. The van der Waals surface area contributed by atoms with Gasteiger partial charge in [0.25, 0.3) is 0 Å². The largest absolute Gasteiger partial charge is 0.462 e. The lowest BCUT2D eigenvalue weighted by molar-refractivity contribution is 0.0485. The number of hydrogen-bond acceptors (Lipinski definition) is 4. The molecule has 7 heteroatoms. The van der Waals surface area contributed by atoms with Gasteiger partial charge in [0.15, 0.2) is 0 Å². The van der Waals surface area contributed by atoms with Crippen LogP contribution in [0.25, 0.3) is 0 Å². The van der Waals surface area contributed by atoms with Crippen molar-refractivity contribution in [2.75, 3.05) is 6.61 Å². The van der Waals surface area contributed by atoms with E-state index in [9.17, 15) is 13.2 Å². The van der Waals surface area contributed by atoms with Crippen LogP contribution in [0.4, 0.5) is 0 Å². The molecule has 5 nitrogen and oxygen atoms in total. The van der Waals surface area contributed by atoms with Crippen molar-refractivity contribution in [1.82, 2.24) is 0 Å². The zero-order valence-electron chi connectivity index (χ0n) is 10.3. The molecule has 0 bridgehead atoms. The second kappa shape index (κ2) is 5.22. The summed E-state index contributed by atoms with van der Waals surface area (Å²) < 4.78 is 28.6. The number of rotatable bonds is 4. The summed E-state index contributed by atoms with van der Waals surface area (Å²) in [4.78, 5) is 11.9. The van der Waals surface area contributed by atoms with Gasteiger partial charge in [-0.1, -0.05) is 15.9 Å². The van der Waals surface area contributed by atoms with Gasteiger partial charge < -0.3 is 4.74 Å². The Hall–Kier alpha value is -0.920. The third-order valence-electron chi connectivity index (χ3n) is 3.00. The average Bonchev–Trinajstić information content (AvgIpc) is 3.11. The maximum Gasteiger partial charge on any atom is 0.338 e. The van der Waals surface area contributed by atoms with Crippen molar-refractivity contribution in [3.63, 3.8) is 0 Å². The Morgan fingerprint density at radius 1 is 1.47 bits per heavy atom. The molecule has 2 rings (SSSR count). The molecule has 1 aliphatic rings. The smallest absolute Gasteiger partial charge is 0.338 e. The van der Waals surface area contributed by atoms with Crippen LogP contribution < -0.4 is 5.14 Å². The second-order valence-corrected chi connectivity index (χ2v) is 7.11. The van der Waals surface area contributed by atoms with Crippen LogP contribution in [0.3, 0.4) is 0 Å². The minimum Gasteiger partial charge on any atom is -0.462 e. The second-order valence-electron chi connectivity index (χ2n) is 4.66. The van der Waals surface area contributed by atoms with Crippen molar-refractivity contribution in [2.45, 2.75) is 24.7 Å². The molecule has 1 aromatic rings. The maximum absolute atomic E-state index is 12.0. The van der Waals surface area contributed by atoms with Gasteiger partial charge in [-0.3, -0.25) is 0 Å². The molecular formula is C12H14BrNO4S. The van der Waals surface area contributed by atoms with Gasteiger partial charge in [-0.05, 0) is 43.4 Å². The lowest BCUT2D eigenvalue weighted by Gasteiger charge is -2.10. The Labute approximate surface area is 120 Å². The molecule has 1 aromatic carbocycles. The van der Waals surface area contributed by atoms with E-state index >= 15 is 0 Å². The predicted molar refractivity (Wildman–Crippen MR) is 73.3 cm³/mol. The zero-order valence-corrected chi connectivity index (χ0v) is 12.8. The summed E-state index contributed by atoms with van der Waals surface area (Å²) in [5.74, 6) is -0.0651. The Morgan fingerprint density at radius 3 is 2.63 bits per heavy atom. The van der Waals surface area contributed by atoms with Crippen LogP contribution in [-0.2, 0) is 14.8 Å². The summed E-state index contributed by atoms with van der Waals surface area (Å²) in [5.41, 5.74) is 0.533. The van der Waals surface area contributed by atoms with Gasteiger partial charge in [0.05, 0.1) is 17.1 Å². The number of esters is 1. The Balaban J connectivity index is 2.33. The summed E-state index contributed by atoms with van der Waals surface area (Å²) in [6.45, 7) is 1.93. The van der Waals surface area contributed by atoms with E-state index in [1.165, 1.54) is 6.07 Å². The molecule has 0 amide bonds. The SMILES string of the molecule is Cc1c(C(=O)OCC2CC2)cc(Br)cc1S(N)(=O)=O. The molecule has 0 spiro atoms. The highest BCUT2D eigenvalue weighted by molar-refractivity contribution is 9.10. The topological polar surface area (TPSA) is 86.5 Å². The highest BCUT2D eigenvalue weighted by atomic mass is 79.9. The van der Waals surface area contributed by atoms with Gasteiger partial charge >= 0.3 is 5.97 Å². The number of halogens is 1. The Bertz CT molecular complexity index is 623. The Kier molecular flexibility index (Phi) is 3.98. The van der Waals surface area contributed by atoms with E-state index in [4.69, 9.17) is 9.88 Å². The molecule has 2 N–H and O–H groups in total. The summed E-state index contributed by atoms with van der Waals surface area (Å²) in [6, 6.07) is 2.92. The van der Waals surface area contributed by atoms with Crippen molar-refractivity contribution < 1.29 is 17.9 Å². The van der Waals surface area contributed by atoms with E-state index < -0.39 is 16.0 Å². The summed E-state index contributed by atoms with van der Waals surface area (Å²) in [6.07, 6.45) is 2.15. The van der Waals surface area contributed by atoms with Gasteiger partial charge in [0.1, 0.15) is 0 Å². The first-order valence-electron chi connectivity index (χ1n) is 5.79. The highest BCUT2D eigenvalue weighted by Crippen LogP contribution is 2.30. The van der Waals surface area contributed by atoms with Gasteiger partial charge in [-0.2, -0.15) is 0 Å². The fourth-order valence-corrected chi connectivity index (χ4v) is 3.15. The normalized spacial score (nSPS) is 15.3. The van der Waals surface area contributed by atoms with Crippen molar-refractivity contribution in [1.29, 1.82) is 0 Å². The van der Waals surface area contributed by atoms with E-state index in [1.54, 1.807) is 13.0 Å². The van der Waals surface area contributed by atoms with Crippen molar-refractivity contribution in [2.24, 2.45) is 11.1 Å². The monoisotopic (exact) mass is 347 g/mol. The van der Waals surface area contributed by atoms with Crippen LogP contribution in [0, 0.1) is 12.8 Å². The van der Waals surface area contributed by atoms with Gasteiger partial charge in [-0.25, -0.2) is 18.4 Å². The molecule has 0 aliphatic heterocycles. The number of benzene rings is 1. The standard InChI is InChI=1S/C12H14BrNO4S/c1-7-10(12(15)18-6-8-2-3-8)4-9(13)5-11(7)19(14,16)17/h4-5,8H,2-3,6H2,1H3,(H2,14,16,17). The molecule has 1 fully saturated rings. The number of sulfonamides is 1. The lowest BCUT2D eigenvalue weighted by Crippen LogP contribution is -2.17. The summed E-state index contributed by atoms with van der Waals surface area (Å²) in [5, 5.41) is 5.13. The van der Waals surface area contributed by atoms with E-state index in [0.29, 0.717) is 22.6 Å². The van der Waals surface area contributed by atoms with Gasteiger partial charge in [0.2, 0.25) is 10.0 Å². The molecule has 104 valence electrons. The molecule has 19 heavy (non-hydrogen) atoms. The number of carbonyl (C=O) groups excluding carboxylic acids is 1. The molecule has 0 aromatic heterocycles. The average molecular weight is 348 g/mol. The van der Waals surface area contributed by atoms with E-state index in [2.05, 4.69) is 15.9 Å². The maximum atomic E-state index is 12.0. The molecule has 1 aliphatic carbocycles. The number of ether oxygens (including phenoxy) is 1. The highest BCUT2D eigenvalue weighted by Gasteiger charge is 2.25. The van der Waals surface area contributed by atoms with Crippen LogP contribution in [0.5, 0.6) is 0 Å².